The summed E-state index contributed by atoms with van der Waals surface area (Å²) in [6.07, 6.45) is 1.63. The fourth-order valence-corrected chi connectivity index (χ4v) is 2.69. The number of nitrogens with one attached hydrogen (secondary N) is 1. The van der Waals surface area contributed by atoms with E-state index in [-0.39, 0.29) is 23.9 Å². The lowest BCUT2D eigenvalue weighted by atomic mass is 10.2. The molecule has 21 heavy (non-hydrogen) atoms. The van der Waals surface area contributed by atoms with Gasteiger partial charge in [0.25, 0.3) is 10.0 Å². The van der Waals surface area contributed by atoms with Gasteiger partial charge in [0.15, 0.2) is 0 Å². The molecule has 2 aromatic rings. The molecule has 1 aromatic heterocycles. The largest absolute Gasteiger partial charge is 0.431 e. The van der Waals surface area contributed by atoms with Gasteiger partial charge in [-0.2, -0.15) is 4.98 Å². The topological polar surface area (TPSA) is 92.4 Å². The van der Waals surface area contributed by atoms with E-state index in [0.29, 0.717) is 11.3 Å². The van der Waals surface area contributed by atoms with Crippen LogP contribution >= 0.6 is 0 Å². The number of hydrogen-bond donors (Lipinski definition) is 2. The first-order chi connectivity index (χ1) is 10.0. The normalized spacial score (nSPS) is 10.8. The lowest BCUT2D eigenvalue weighted by Gasteiger charge is -2.06. The molecule has 0 bridgehead atoms. The number of aliphatic hydroxyl groups excluding tert-OH is 1. The van der Waals surface area contributed by atoms with Gasteiger partial charge in [-0.1, -0.05) is 24.0 Å². The number of hydrogen-bond acceptors (Lipinski definition) is 5. The Morgan fingerprint density at radius 1 is 1.38 bits per heavy atom. The van der Waals surface area contributed by atoms with Crippen LogP contribution in [0.15, 0.2) is 39.8 Å². The van der Waals surface area contributed by atoms with Gasteiger partial charge in [-0.15, -0.1) is 0 Å². The zero-order chi connectivity index (χ0) is 15.3. The van der Waals surface area contributed by atoms with Crippen molar-refractivity contribution in [2.75, 3.05) is 11.3 Å². The maximum Gasteiger partial charge on any atom is 0.309 e. The lowest BCUT2D eigenvalue weighted by molar-refractivity contribution is 0.305. The first-order valence-corrected chi connectivity index (χ1v) is 7.65. The molecule has 0 fully saturated rings. The monoisotopic (exact) mass is 306 g/mol. The molecule has 1 aromatic carbocycles. The van der Waals surface area contributed by atoms with Gasteiger partial charge >= 0.3 is 6.01 Å². The van der Waals surface area contributed by atoms with E-state index >= 15 is 0 Å². The average molecular weight is 306 g/mol. The highest BCUT2D eigenvalue weighted by Crippen LogP contribution is 2.18. The number of nitrogens with zero attached hydrogens (tertiary/aromatic N) is 1. The fraction of sp³-hybridized carbons (Fsp3) is 0.214. The minimum Gasteiger partial charge on any atom is -0.431 e. The Bertz CT molecular complexity index is 785. The van der Waals surface area contributed by atoms with Crippen molar-refractivity contribution in [2.45, 2.75) is 18.2 Å². The smallest absolute Gasteiger partial charge is 0.309 e. The van der Waals surface area contributed by atoms with Gasteiger partial charge in [-0.05, 0) is 19.1 Å². The van der Waals surface area contributed by atoms with Crippen LogP contribution in [-0.2, 0) is 10.0 Å². The maximum absolute atomic E-state index is 12.3. The van der Waals surface area contributed by atoms with Crippen molar-refractivity contribution in [1.29, 1.82) is 0 Å². The average Bonchev–Trinajstić information content (AvgIpc) is 2.84. The summed E-state index contributed by atoms with van der Waals surface area (Å²) in [4.78, 5) is 3.93. The van der Waals surface area contributed by atoms with Gasteiger partial charge in [0.2, 0.25) is 0 Å². The number of aromatic nitrogens is 1. The number of rotatable bonds is 4. The van der Waals surface area contributed by atoms with Crippen LogP contribution in [0.3, 0.4) is 0 Å². The number of sulfonamides is 1. The van der Waals surface area contributed by atoms with E-state index in [1.807, 2.05) is 0 Å². The van der Waals surface area contributed by atoms with Crippen molar-refractivity contribution >= 4 is 16.0 Å². The van der Waals surface area contributed by atoms with Gasteiger partial charge in [-0.25, -0.2) is 13.1 Å². The van der Waals surface area contributed by atoms with E-state index < -0.39 is 10.0 Å². The van der Waals surface area contributed by atoms with Crippen LogP contribution in [0.1, 0.15) is 17.7 Å². The molecule has 0 aliphatic rings. The Hall–Kier alpha value is -2.30. The second-order valence-electron chi connectivity index (χ2n) is 4.17. The third-order valence-electron chi connectivity index (χ3n) is 2.48. The highest BCUT2D eigenvalue weighted by molar-refractivity contribution is 7.92. The molecule has 0 aliphatic heterocycles. The summed E-state index contributed by atoms with van der Waals surface area (Å²) < 4.78 is 31.9. The van der Waals surface area contributed by atoms with E-state index in [9.17, 15) is 8.42 Å². The number of anilines is 1. The third-order valence-corrected chi connectivity index (χ3v) is 3.86. The number of aliphatic hydroxyl groups is 1. The molecule has 2 N–H and O–H groups in total. The lowest BCUT2D eigenvalue weighted by Crippen LogP contribution is -2.14. The molecule has 0 aliphatic carbocycles. The molecule has 0 radical (unpaired) electrons. The van der Waals surface area contributed by atoms with Crippen LogP contribution in [0.5, 0.6) is 0 Å². The molecule has 0 spiro atoms. The van der Waals surface area contributed by atoms with Crippen LogP contribution < -0.4 is 4.72 Å². The van der Waals surface area contributed by atoms with Crippen LogP contribution in [0.2, 0.25) is 0 Å². The van der Waals surface area contributed by atoms with Crippen LogP contribution in [0.25, 0.3) is 0 Å². The van der Waals surface area contributed by atoms with Gasteiger partial charge < -0.3 is 9.52 Å². The van der Waals surface area contributed by atoms with E-state index in [2.05, 4.69) is 21.5 Å². The van der Waals surface area contributed by atoms with E-state index in [1.54, 1.807) is 25.1 Å². The molecule has 6 nitrogen and oxygen atoms in total. The molecule has 2 rings (SSSR count). The zero-order valence-corrected chi connectivity index (χ0v) is 12.1. The first-order valence-electron chi connectivity index (χ1n) is 6.16. The van der Waals surface area contributed by atoms with E-state index in [0.717, 1.165) is 0 Å². The molecule has 0 atom stereocenters. The Labute approximate surface area is 122 Å². The van der Waals surface area contributed by atoms with Crippen molar-refractivity contribution in [2.24, 2.45) is 0 Å². The maximum atomic E-state index is 12.3. The summed E-state index contributed by atoms with van der Waals surface area (Å²) in [6.45, 7) is 1.62. The third kappa shape index (κ3) is 3.84. The highest BCUT2D eigenvalue weighted by atomic mass is 32.2. The van der Waals surface area contributed by atoms with E-state index in [4.69, 9.17) is 9.52 Å². The fourth-order valence-electron chi connectivity index (χ4n) is 1.59. The SMILES string of the molecule is Cc1coc(NS(=O)(=O)c2ccccc2C#CCCO)n1. The van der Waals surface area contributed by atoms with E-state index in [1.165, 1.54) is 12.3 Å². The van der Waals surface area contributed by atoms with Crippen molar-refractivity contribution < 1.29 is 17.9 Å². The predicted molar refractivity (Wildman–Crippen MR) is 77.1 cm³/mol. The quantitative estimate of drug-likeness (QED) is 0.835. The van der Waals surface area contributed by atoms with Crippen LogP contribution in [0.4, 0.5) is 6.01 Å². The second-order valence-corrected chi connectivity index (χ2v) is 5.82. The van der Waals surface area contributed by atoms with Gasteiger partial charge in [0, 0.05) is 12.0 Å². The second kappa shape index (κ2) is 6.43. The summed E-state index contributed by atoms with van der Waals surface area (Å²) in [6, 6.07) is 6.25. The predicted octanol–water partition coefficient (Wildman–Crippen LogP) is 1.52. The highest BCUT2D eigenvalue weighted by Gasteiger charge is 2.19. The van der Waals surface area contributed by atoms with Crippen molar-refractivity contribution in [1.82, 2.24) is 4.98 Å². The summed E-state index contributed by atoms with van der Waals surface area (Å²) in [5.74, 6) is 5.43. The van der Waals surface area contributed by atoms with Gasteiger partial charge in [0.05, 0.1) is 12.3 Å². The van der Waals surface area contributed by atoms with Crippen LogP contribution in [-0.4, -0.2) is 25.1 Å². The van der Waals surface area contributed by atoms with Crippen molar-refractivity contribution in [3.8, 4) is 11.8 Å². The molecular weight excluding hydrogens is 292 g/mol. The molecule has 110 valence electrons. The Morgan fingerprint density at radius 2 is 2.14 bits per heavy atom. The standard InChI is InChI=1S/C14H14N2O4S/c1-11-10-20-14(15-11)16-21(18,19)13-8-3-2-6-12(13)7-4-5-9-17/h2-3,6,8,10,17H,5,9H2,1H3,(H,15,16). The number of aryl methyl sites for hydroxylation is 1. The summed E-state index contributed by atoms with van der Waals surface area (Å²) in [7, 11) is -3.84. The number of oxazole rings is 1. The minimum absolute atomic E-state index is 0.0336. The van der Waals surface area contributed by atoms with Gasteiger partial charge in [0.1, 0.15) is 11.2 Å². The number of benzene rings is 1. The summed E-state index contributed by atoms with van der Waals surface area (Å²) >= 11 is 0. The molecule has 1 heterocycles. The van der Waals surface area contributed by atoms with Crippen molar-refractivity contribution in [3.63, 3.8) is 0 Å². The first kappa shape index (κ1) is 15.1. The molecule has 0 saturated carbocycles. The molecule has 0 amide bonds. The molecule has 7 heteroatoms. The molecule has 0 unspecified atom stereocenters. The Morgan fingerprint density at radius 3 is 2.81 bits per heavy atom. The van der Waals surface area contributed by atoms with Crippen molar-refractivity contribution in [3.05, 3.63) is 41.8 Å². The molecule has 0 saturated heterocycles. The zero-order valence-electron chi connectivity index (χ0n) is 11.3. The van der Waals surface area contributed by atoms with Crippen LogP contribution in [0, 0.1) is 18.8 Å². The molecular formula is C14H14N2O4S. The minimum atomic E-state index is -3.84. The Kier molecular flexibility index (Phi) is 4.62. The summed E-state index contributed by atoms with van der Waals surface area (Å²) in [5, 5.41) is 8.72. The summed E-state index contributed by atoms with van der Waals surface area (Å²) in [5.41, 5.74) is 0.922. The van der Waals surface area contributed by atoms with Gasteiger partial charge in [-0.3, -0.25) is 0 Å². The Balaban J connectivity index is 2.34.